The first kappa shape index (κ1) is 9.21. The van der Waals surface area contributed by atoms with Gasteiger partial charge >= 0.3 is 0 Å². The topological polar surface area (TPSA) is 54.7 Å². The molecule has 0 aliphatic rings. The number of benzene rings is 1. The summed E-state index contributed by atoms with van der Waals surface area (Å²) >= 11 is 3.11. The molecule has 0 aliphatic carbocycles. The molecule has 72 valence electrons. The van der Waals surface area contributed by atoms with Crippen molar-refractivity contribution >= 4 is 21.9 Å². The third-order valence-electron chi connectivity index (χ3n) is 1.84. The molecular formula is C9H7BrFN3. The van der Waals surface area contributed by atoms with E-state index in [1.807, 2.05) is 0 Å². The summed E-state index contributed by atoms with van der Waals surface area (Å²) in [6, 6.07) is 5.05. The lowest BCUT2D eigenvalue weighted by molar-refractivity contribution is 0.624. The summed E-state index contributed by atoms with van der Waals surface area (Å²) in [7, 11) is 0. The number of nitrogen functional groups attached to an aromatic ring is 1. The monoisotopic (exact) mass is 255 g/mol. The Kier molecular flexibility index (Phi) is 2.25. The zero-order valence-corrected chi connectivity index (χ0v) is 8.68. The minimum Gasteiger partial charge on any atom is -0.369 e. The van der Waals surface area contributed by atoms with E-state index in [1.54, 1.807) is 18.2 Å². The van der Waals surface area contributed by atoms with Crippen molar-refractivity contribution in [2.45, 2.75) is 0 Å². The lowest BCUT2D eigenvalue weighted by Gasteiger charge is -2.00. The molecule has 2 rings (SSSR count). The minimum atomic E-state index is -0.323. The van der Waals surface area contributed by atoms with Crippen molar-refractivity contribution in [3.05, 3.63) is 34.7 Å². The maximum absolute atomic E-state index is 13.6. The summed E-state index contributed by atoms with van der Waals surface area (Å²) in [5.74, 6) is -0.0458. The molecule has 0 atom stereocenters. The van der Waals surface area contributed by atoms with E-state index >= 15 is 0 Å². The second kappa shape index (κ2) is 3.42. The van der Waals surface area contributed by atoms with Crippen molar-refractivity contribution in [2.75, 3.05) is 5.73 Å². The fourth-order valence-electron chi connectivity index (χ4n) is 1.19. The maximum Gasteiger partial charge on any atom is 0.197 e. The molecule has 14 heavy (non-hydrogen) atoms. The smallest absolute Gasteiger partial charge is 0.197 e. The SMILES string of the molecule is Nc1ncc(-c2cccc(Br)c2F)[nH]1. The fourth-order valence-corrected chi connectivity index (χ4v) is 1.55. The number of rotatable bonds is 1. The zero-order chi connectivity index (χ0) is 10.1. The van der Waals surface area contributed by atoms with Crippen molar-refractivity contribution < 1.29 is 4.39 Å². The predicted molar refractivity (Wildman–Crippen MR) is 56.1 cm³/mol. The van der Waals surface area contributed by atoms with Gasteiger partial charge in [-0.25, -0.2) is 9.37 Å². The van der Waals surface area contributed by atoms with Crippen molar-refractivity contribution in [2.24, 2.45) is 0 Å². The average molecular weight is 256 g/mol. The Bertz CT molecular complexity index is 467. The van der Waals surface area contributed by atoms with Gasteiger partial charge in [-0.2, -0.15) is 0 Å². The molecule has 0 spiro atoms. The lowest BCUT2D eigenvalue weighted by Crippen LogP contribution is -1.88. The largest absolute Gasteiger partial charge is 0.369 e. The molecule has 5 heteroatoms. The number of anilines is 1. The molecule has 0 amide bonds. The summed E-state index contributed by atoms with van der Waals surface area (Å²) < 4.78 is 14.0. The van der Waals surface area contributed by atoms with Crippen LogP contribution in [0.2, 0.25) is 0 Å². The van der Waals surface area contributed by atoms with Crippen LogP contribution in [0.4, 0.5) is 10.3 Å². The van der Waals surface area contributed by atoms with Crippen LogP contribution in [0.5, 0.6) is 0 Å². The highest BCUT2D eigenvalue weighted by Gasteiger charge is 2.09. The first-order valence-corrected chi connectivity index (χ1v) is 4.72. The molecule has 0 fully saturated rings. The van der Waals surface area contributed by atoms with E-state index in [2.05, 4.69) is 25.9 Å². The van der Waals surface area contributed by atoms with E-state index in [0.717, 1.165) is 0 Å². The molecule has 3 N–H and O–H groups in total. The van der Waals surface area contributed by atoms with E-state index < -0.39 is 0 Å². The van der Waals surface area contributed by atoms with Gasteiger partial charge in [0, 0.05) is 5.56 Å². The number of hydrogen-bond acceptors (Lipinski definition) is 2. The Morgan fingerprint density at radius 2 is 2.21 bits per heavy atom. The summed E-state index contributed by atoms with van der Waals surface area (Å²) in [4.78, 5) is 6.57. The Hall–Kier alpha value is -1.36. The van der Waals surface area contributed by atoms with Crippen LogP contribution in [0.3, 0.4) is 0 Å². The number of H-pyrrole nitrogens is 1. The van der Waals surface area contributed by atoms with E-state index in [1.165, 1.54) is 6.20 Å². The van der Waals surface area contributed by atoms with Gasteiger partial charge in [-0.05, 0) is 28.1 Å². The number of nitrogens with zero attached hydrogens (tertiary/aromatic N) is 1. The van der Waals surface area contributed by atoms with Gasteiger partial charge in [0.2, 0.25) is 0 Å². The molecule has 0 saturated heterocycles. The quantitative estimate of drug-likeness (QED) is 0.823. The molecule has 0 saturated carbocycles. The van der Waals surface area contributed by atoms with Gasteiger partial charge < -0.3 is 10.7 Å². The number of aromatic amines is 1. The zero-order valence-electron chi connectivity index (χ0n) is 7.09. The first-order chi connectivity index (χ1) is 6.68. The highest BCUT2D eigenvalue weighted by atomic mass is 79.9. The molecule has 0 unspecified atom stereocenters. The first-order valence-electron chi connectivity index (χ1n) is 3.93. The van der Waals surface area contributed by atoms with Crippen LogP contribution in [-0.2, 0) is 0 Å². The van der Waals surface area contributed by atoms with Gasteiger partial charge in [-0.15, -0.1) is 0 Å². The van der Waals surface area contributed by atoms with Gasteiger partial charge in [-0.3, -0.25) is 0 Å². The predicted octanol–water partition coefficient (Wildman–Crippen LogP) is 2.56. The highest BCUT2D eigenvalue weighted by Crippen LogP contribution is 2.26. The van der Waals surface area contributed by atoms with Gasteiger partial charge in [0.05, 0.1) is 16.4 Å². The Labute approximate surface area is 88.3 Å². The molecule has 0 radical (unpaired) electrons. The normalized spacial score (nSPS) is 10.4. The van der Waals surface area contributed by atoms with E-state index in [-0.39, 0.29) is 11.8 Å². The van der Waals surface area contributed by atoms with Crippen LogP contribution in [0, 0.1) is 5.82 Å². The van der Waals surface area contributed by atoms with Crippen molar-refractivity contribution in [3.63, 3.8) is 0 Å². The van der Waals surface area contributed by atoms with Crippen LogP contribution in [0.1, 0.15) is 0 Å². The molecule has 2 aromatic rings. The van der Waals surface area contributed by atoms with E-state index in [9.17, 15) is 4.39 Å². The molecule has 1 aromatic carbocycles. The number of imidazole rings is 1. The van der Waals surface area contributed by atoms with E-state index in [4.69, 9.17) is 5.73 Å². The third kappa shape index (κ3) is 1.50. The van der Waals surface area contributed by atoms with E-state index in [0.29, 0.717) is 15.7 Å². The summed E-state index contributed by atoms with van der Waals surface area (Å²) in [6.45, 7) is 0. The third-order valence-corrected chi connectivity index (χ3v) is 2.45. The van der Waals surface area contributed by atoms with Crippen molar-refractivity contribution in [3.8, 4) is 11.3 Å². The number of nitrogens with two attached hydrogens (primary N) is 1. The Morgan fingerprint density at radius 1 is 1.43 bits per heavy atom. The molecule has 0 bridgehead atoms. The molecule has 3 nitrogen and oxygen atoms in total. The minimum absolute atomic E-state index is 0.277. The highest BCUT2D eigenvalue weighted by molar-refractivity contribution is 9.10. The average Bonchev–Trinajstić information content (AvgIpc) is 2.57. The maximum atomic E-state index is 13.6. The van der Waals surface area contributed by atoms with Crippen molar-refractivity contribution in [1.82, 2.24) is 9.97 Å². The molecule has 0 aliphatic heterocycles. The summed E-state index contributed by atoms with van der Waals surface area (Å²) in [5.41, 5.74) is 6.42. The summed E-state index contributed by atoms with van der Waals surface area (Å²) in [5, 5.41) is 0. The van der Waals surface area contributed by atoms with Crippen LogP contribution in [0.25, 0.3) is 11.3 Å². The number of hydrogen-bond donors (Lipinski definition) is 2. The number of nitrogens with one attached hydrogen (secondary N) is 1. The Balaban J connectivity index is 2.57. The van der Waals surface area contributed by atoms with Crippen LogP contribution < -0.4 is 5.73 Å². The number of aromatic nitrogens is 2. The van der Waals surface area contributed by atoms with Gasteiger partial charge in [-0.1, -0.05) is 6.07 Å². The second-order valence-corrected chi connectivity index (χ2v) is 3.64. The standard InChI is InChI=1S/C9H7BrFN3/c10-6-3-1-2-5(8(6)11)7-4-13-9(12)14-7/h1-4H,(H3,12,13,14). The van der Waals surface area contributed by atoms with Crippen LogP contribution >= 0.6 is 15.9 Å². The van der Waals surface area contributed by atoms with Crippen LogP contribution in [0.15, 0.2) is 28.9 Å². The second-order valence-electron chi connectivity index (χ2n) is 2.78. The lowest BCUT2D eigenvalue weighted by atomic mass is 10.1. The Morgan fingerprint density at radius 3 is 2.86 bits per heavy atom. The molecule has 1 heterocycles. The van der Waals surface area contributed by atoms with Crippen LogP contribution in [-0.4, -0.2) is 9.97 Å². The van der Waals surface area contributed by atoms with Crippen molar-refractivity contribution in [1.29, 1.82) is 0 Å². The fraction of sp³-hybridized carbons (Fsp3) is 0. The van der Waals surface area contributed by atoms with Gasteiger partial charge in [0.25, 0.3) is 0 Å². The summed E-state index contributed by atoms with van der Waals surface area (Å²) in [6.07, 6.45) is 1.50. The molecular weight excluding hydrogens is 249 g/mol. The van der Waals surface area contributed by atoms with Gasteiger partial charge in [0.1, 0.15) is 5.82 Å². The number of halogens is 2. The van der Waals surface area contributed by atoms with Gasteiger partial charge in [0.15, 0.2) is 5.95 Å². The molecule has 1 aromatic heterocycles.